The fourth-order valence-electron chi connectivity index (χ4n) is 3.96. The van der Waals surface area contributed by atoms with E-state index in [0.717, 1.165) is 29.1 Å². The maximum absolute atomic E-state index is 14.1. The maximum atomic E-state index is 14.1. The first-order valence-electron chi connectivity index (χ1n) is 11.2. The van der Waals surface area contributed by atoms with Gasteiger partial charge in [-0.15, -0.1) is 11.3 Å². The van der Waals surface area contributed by atoms with E-state index in [4.69, 9.17) is 5.11 Å². The number of amides is 1. The van der Waals surface area contributed by atoms with Crippen LogP contribution in [0, 0.1) is 5.92 Å². The second kappa shape index (κ2) is 11.6. The smallest absolute Gasteiger partial charge is 0.449 e. The third-order valence-electron chi connectivity index (χ3n) is 5.93. The summed E-state index contributed by atoms with van der Waals surface area (Å²) in [6.07, 6.45) is 2.73. The van der Waals surface area contributed by atoms with Crippen LogP contribution >= 0.6 is 11.3 Å². The first-order valence-corrected chi connectivity index (χ1v) is 12.1. The van der Waals surface area contributed by atoms with Crippen molar-refractivity contribution in [1.29, 1.82) is 0 Å². The molecule has 0 unspecified atom stereocenters. The lowest BCUT2D eigenvalue weighted by Crippen LogP contribution is -2.36. The molecule has 1 aliphatic heterocycles. The van der Waals surface area contributed by atoms with Gasteiger partial charge in [0.1, 0.15) is 0 Å². The van der Waals surface area contributed by atoms with Gasteiger partial charge in [-0.25, -0.2) is 4.79 Å². The van der Waals surface area contributed by atoms with Crippen LogP contribution < -0.4 is 4.74 Å². The van der Waals surface area contributed by atoms with Gasteiger partial charge in [0, 0.05) is 17.8 Å². The van der Waals surface area contributed by atoms with E-state index in [1.54, 1.807) is 6.07 Å². The molecule has 1 aromatic carbocycles. The van der Waals surface area contributed by atoms with Gasteiger partial charge < -0.3 is 19.8 Å². The third-order valence-corrected chi connectivity index (χ3v) is 6.95. The Bertz CT molecular complexity index is 994. The van der Waals surface area contributed by atoms with Gasteiger partial charge in [0.25, 0.3) is 5.91 Å². The summed E-state index contributed by atoms with van der Waals surface area (Å²) < 4.78 is 32.9. The molecule has 0 radical (unpaired) electrons. The molecule has 1 amide bonds. The molecule has 1 aromatic heterocycles. The summed E-state index contributed by atoms with van der Waals surface area (Å²) in [5, 5.41) is 19.4. The average molecular weight is 494 g/mol. The first kappa shape index (κ1) is 25.8. The van der Waals surface area contributed by atoms with Gasteiger partial charge in [0.15, 0.2) is 5.06 Å². The summed E-state index contributed by atoms with van der Waals surface area (Å²) >= 11 is 1.16. The maximum Gasteiger partial charge on any atom is 0.512 e. The van der Waals surface area contributed by atoms with Crippen molar-refractivity contribution in [2.75, 3.05) is 6.54 Å². The Kier molecular flexibility index (Phi) is 8.79. The molecule has 1 aliphatic rings. The van der Waals surface area contributed by atoms with Gasteiger partial charge in [0.2, 0.25) is 0 Å². The molecule has 0 spiro atoms. The molecule has 2 N–H and O–H groups in total. The fraction of sp³-hybridized carbons (Fsp3) is 0.440. The Morgan fingerprint density at radius 1 is 1.26 bits per heavy atom. The van der Waals surface area contributed by atoms with Crippen LogP contribution in [0.25, 0.3) is 0 Å². The summed E-state index contributed by atoms with van der Waals surface area (Å²) in [6.45, 7) is 2.05. The Balaban J connectivity index is 1.53. The monoisotopic (exact) mass is 493 g/mol. The number of alkyl halides is 2. The van der Waals surface area contributed by atoms with E-state index in [2.05, 4.69) is 4.74 Å². The molecular formula is C25H29F2NO5S. The van der Waals surface area contributed by atoms with Gasteiger partial charge >= 0.3 is 12.1 Å². The number of aryl methyl sites for hydroxylation is 2. The Hall–Kier alpha value is -2.78. The molecular weight excluding hydrogens is 464 g/mol. The summed E-state index contributed by atoms with van der Waals surface area (Å²) in [5.74, 6) is -4.69. The normalized spacial score (nSPS) is 19.5. The van der Waals surface area contributed by atoms with Crippen molar-refractivity contribution in [2.45, 2.75) is 57.1 Å². The average Bonchev–Trinajstić information content (AvgIpc) is 3.32. The van der Waals surface area contributed by atoms with E-state index in [-0.39, 0.29) is 17.5 Å². The molecule has 2 heterocycles. The Morgan fingerprint density at radius 2 is 2.00 bits per heavy atom. The van der Waals surface area contributed by atoms with E-state index in [1.807, 2.05) is 37.3 Å². The topological polar surface area (TPSA) is 87.1 Å². The van der Waals surface area contributed by atoms with Crippen molar-refractivity contribution < 1.29 is 33.3 Å². The Labute approximate surface area is 201 Å². The zero-order valence-corrected chi connectivity index (χ0v) is 19.7. The van der Waals surface area contributed by atoms with Crippen molar-refractivity contribution in [1.82, 2.24) is 4.90 Å². The van der Waals surface area contributed by atoms with Crippen molar-refractivity contribution in [2.24, 2.45) is 5.92 Å². The van der Waals surface area contributed by atoms with E-state index in [9.17, 15) is 23.5 Å². The highest BCUT2D eigenvalue weighted by molar-refractivity contribution is 7.13. The minimum absolute atomic E-state index is 0.0661. The second-order valence-electron chi connectivity index (χ2n) is 8.54. The molecule has 0 bridgehead atoms. The van der Waals surface area contributed by atoms with Crippen LogP contribution in [0.4, 0.5) is 13.6 Å². The number of hydrogen-bond donors (Lipinski definition) is 2. The molecule has 2 aromatic rings. The van der Waals surface area contributed by atoms with Crippen LogP contribution in [-0.4, -0.2) is 51.8 Å². The summed E-state index contributed by atoms with van der Waals surface area (Å²) in [4.78, 5) is 24.8. The zero-order chi connectivity index (χ0) is 24.7. The van der Waals surface area contributed by atoms with Crippen molar-refractivity contribution >= 4 is 23.4 Å². The number of carboxylic acid groups (broad SMARTS) is 1. The number of hydrogen-bond acceptors (Lipinski definition) is 5. The predicted octanol–water partition coefficient (Wildman–Crippen LogP) is 5.16. The number of aliphatic hydroxyl groups is 1. The van der Waals surface area contributed by atoms with Crippen LogP contribution in [0.5, 0.6) is 5.06 Å². The van der Waals surface area contributed by atoms with Crippen LogP contribution in [0.2, 0.25) is 0 Å². The molecule has 1 fully saturated rings. The highest BCUT2D eigenvalue weighted by Gasteiger charge is 2.52. The third kappa shape index (κ3) is 7.11. The SMILES string of the molecule is C[C@H](CCc1ccccc1)[C@H](O)/C=C/[C@H]1CC(F)(F)C(=O)N1CCCc1ccc(OC(=O)O)s1. The number of carbonyl (C=O) groups excluding carboxylic acids is 1. The largest absolute Gasteiger partial charge is 0.512 e. The van der Waals surface area contributed by atoms with Crippen molar-refractivity contribution in [3.05, 3.63) is 65.1 Å². The van der Waals surface area contributed by atoms with E-state index < -0.39 is 36.6 Å². The fourth-order valence-corrected chi connectivity index (χ4v) is 4.85. The number of aliphatic hydroxyl groups excluding tert-OH is 1. The number of ether oxygens (including phenoxy) is 1. The molecule has 34 heavy (non-hydrogen) atoms. The highest BCUT2D eigenvalue weighted by atomic mass is 32.1. The van der Waals surface area contributed by atoms with Gasteiger partial charge in [-0.2, -0.15) is 8.78 Å². The molecule has 6 nitrogen and oxygen atoms in total. The summed E-state index contributed by atoms with van der Waals surface area (Å²) in [5.41, 5.74) is 1.17. The van der Waals surface area contributed by atoms with Crippen LogP contribution in [0.3, 0.4) is 0 Å². The van der Waals surface area contributed by atoms with E-state index >= 15 is 0 Å². The quantitative estimate of drug-likeness (QED) is 0.334. The molecule has 3 rings (SSSR count). The zero-order valence-electron chi connectivity index (χ0n) is 18.9. The number of carbonyl (C=O) groups is 2. The second-order valence-corrected chi connectivity index (χ2v) is 9.67. The number of halogens is 2. The molecule has 184 valence electrons. The summed E-state index contributed by atoms with van der Waals surface area (Å²) in [7, 11) is 0. The van der Waals surface area contributed by atoms with Crippen LogP contribution in [0.1, 0.15) is 36.6 Å². The van der Waals surface area contributed by atoms with Gasteiger partial charge in [0.05, 0.1) is 12.1 Å². The van der Waals surface area contributed by atoms with Gasteiger partial charge in [-0.1, -0.05) is 49.4 Å². The summed E-state index contributed by atoms with van der Waals surface area (Å²) in [6, 6.07) is 12.4. The molecule has 3 atom stereocenters. The lowest BCUT2D eigenvalue weighted by molar-refractivity contribution is -0.148. The van der Waals surface area contributed by atoms with E-state index in [1.165, 1.54) is 28.7 Å². The lowest BCUT2D eigenvalue weighted by atomic mass is 9.95. The molecule has 0 aliphatic carbocycles. The van der Waals surface area contributed by atoms with Gasteiger partial charge in [-0.05, 0) is 49.3 Å². The van der Waals surface area contributed by atoms with Gasteiger partial charge in [-0.3, -0.25) is 4.79 Å². The lowest BCUT2D eigenvalue weighted by Gasteiger charge is -2.22. The molecule has 9 heteroatoms. The Morgan fingerprint density at radius 3 is 2.71 bits per heavy atom. The number of benzene rings is 1. The van der Waals surface area contributed by atoms with Crippen LogP contribution in [-0.2, 0) is 17.6 Å². The minimum Gasteiger partial charge on any atom is -0.449 e. The first-order chi connectivity index (χ1) is 16.2. The minimum atomic E-state index is -3.43. The number of nitrogens with zero attached hydrogens (tertiary/aromatic N) is 1. The van der Waals surface area contributed by atoms with E-state index in [0.29, 0.717) is 12.8 Å². The standard InChI is InChI=1S/C25H29F2NO5S/c1-17(9-10-18-6-3-2-4-7-18)21(29)13-11-19-16-25(26,27)23(30)28(19)15-5-8-20-12-14-22(34-20)33-24(31)32/h2-4,6-7,11-14,17,19,21,29H,5,8-10,15-16H2,1H3,(H,31,32)/b13-11+/t17-,19+,21-/m1/s1. The number of rotatable bonds is 11. The number of thiophene rings is 1. The van der Waals surface area contributed by atoms with Crippen molar-refractivity contribution in [3.63, 3.8) is 0 Å². The van der Waals surface area contributed by atoms with Crippen LogP contribution in [0.15, 0.2) is 54.6 Å². The highest BCUT2D eigenvalue weighted by Crippen LogP contribution is 2.35. The molecule has 1 saturated heterocycles. The number of likely N-dealkylation sites (tertiary alicyclic amines) is 1. The predicted molar refractivity (Wildman–Crippen MR) is 125 cm³/mol. The molecule has 0 saturated carbocycles. The van der Waals surface area contributed by atoms with Crippen molar-refractivity contribution in [3.8, 4) is 5.06 Å².